The predicted octanol–water partition coefficient (Wildman–Crippen LogP) is 3.55. The van der Waals surface area contributed by atoms with Crippen molar-refractivity contribution in [2.24, 2.45) is 0 Å². The Bertz CT molecular complexity index is 1160. The van der Waals surface area contributed by atoms with Crippen molar-refractivity contribution in [2.45, 2.75) is 25.5 Å². The second-order valence-corrected chi connectivity index (χ2v) is 7.90. The number of hydrogen-bond acceptors (Lipinski definition) is 7. The molecule has 4 rings (SSSR count). The number of hydrogen-bond donors (Lipinski definition) is 1. The van der Waals surface area contributed by atoms with Crippen LogP contribution in [0.4, 0.5) is 4.39 Å². The van der Waals surface area contributed by atoms with Gasteiger partial charge in [0.15, 0.2) is 17.8 Å². The number of fused-ring (bicyclic) bond motifs is 1. The number of carbonyl (C=O) groups is 2. The number of likely N-dealkylation sites (tertiary alicyclic amines) is 1. The highest BCUT2D eigenvalue weighted by molar-refractivity contribution is 5.95. The fraction of sp³-hybridized carbons (Fsp3) is 0.308. The molecule has 0 aliphatic carbocycles. The number of nitrogens with one attached hydrogen (secondary N) is 1. The van der Waals surface area contributed by atoms with Crippen molar-refractivity contribution in [3.8, 4) is 11.5 Å². The molecule has 1 fully saturated rings. The van der Waals surface area contributed by atoms with E-state index in [4.69, 9.17) is 9.47 Å². The van der Waals surface area contributed by atoms with Gasteiger partial charge < -0.3 is 19.7 Å². The third-order valence-corrected chi connectivity index (χ3v) is 5.58. The Balaban J connectivity index is 0.000000287. The second kappa shape index (κ2) is 12.6. The minimum absolute atomic E-state index is 0.0375. The lowest BCUT2D eigenvalue weighted by atomic mass is 10.1. The number of halogens is 1. The Hall–Kier alpha value is -3.85. The first-order chi connectivity index (χ1) is 17.0. The van der Waals surface area contributed by atoms with Gasteiger partial charge >= 0.3 is 0 Å². The van der Waals surface area contributed by atoms with Crippen LogP contribution in [0.15, 0.2) is 55.4 Å². The van der Waals surface area contributed by atoms with E-state index >= 15 is 0 Å². The molecule has 0 spiro atoms. The molecule has 1 amide bonds. The second-order valence-electron chi connectivity index (χ2n) is 7.90. The van der Waals surface area contributed by atoms with Gasteiger partial charge in [-0.25, -0.2) is 14.4 Å². The van der Waals surface area contributed by atoms with Gasteiger partial charge in [0.1, 0.15) is 23.9 Å². The smallest absolute Gasteiger partial charge is 0.245 e. The van der Waals surface area contributed by atoms with E-state index in [9.17, 15) is 14.0 Å². The number of piperidine rings is 1. The normalized spacial score (nSPS) is 13.5. The third-order valence-electron chi connectivity index (χ3n) is 5.58. The third kappa shape index (κ3) is 6.83. The average Bonchev–Trinajstić information content (AvgIpc) is 2.89. The van der Waals surface area contributed by atoms with Crippen LogP contribution in [-0.4, -0.2) is 60.4 Å². The lowest BCUT2D eigenvalue weighted by Gasteiger charge is -2.31. The van der Waals surface area contributed by atoms with Crippen LogP contribution >= 0.6 is 0 Å². The molecule has 0 saturated carbocycles. The summed E-state index contributed by atoms with van der Waals surface area (Å²) in [6, 6.07) is 9.94. The fourth-order valence-corrected chi connectivity index (χ4v) is 3.74. The van der Waals surface area contributed by atoms with Crippen LogP contribution in [0.1, 0.15) is 28.9 Å². The predicted molar refractivity (Wildman–Crippen MR) is 131 cm³/mol. The first-order valence-electron chi connectivity index (χ1n) is 11.2. The molecule has 0 radical (unpaired) electrons. The minimum atomic E-state index is -0.181. The van der Waals surface area contributed by atoms with Gasteiger partial charge in [-0.3, -0.25) is 9.59 Å². The summed E-state index contributed by atoms with van der Waals surface area (Å²) in [5.74, 6) is 0.850. The van der Waals surface area contributed by atoms with E-state index in [2.05, 4.69) is 21.9 Å². The van der Waals surface area contributed by atoms with E-state index < -0.39 is 0 Å². The van der Waals surface area contributed by atoms with Gasteiger partial charge in [-0.1, -0.05) is 18.7 Å². The van der Waals surface area contributed by atoms with Crippen molar-refractivity contribution in [2.75, 3.05) is 27.2 Å². The van der Waals surface area contributed by atoms with E-state index in [0.717, 1.165) is 12.1 Å². The summed E-state index contributed by atoms with van der Waals surface area (Å²) in [4.78, 5) is 32.7. The Morgan fingerprint density at radius 1 is 1.20 bits per heavy atom. The van der Waals surface area contributed by atoms with Crippen molar-refractivity contribution in [3.05, 3.63) is 72.5 Å². The summed E-state index contributed by atoms with van der Waals surface area (Å²) in [6.07, 6.45) is 4.76. The van der Waals surface area contributed by atoms with Gasteiger partial charge in [0.2, 0.25) is 5.91 Å². The summed E-state index contributed by atoms with van der Waals surface area (Å²) >= 11 is 0. The maximum atomic E-state index is 12.3. The molecule has 2 aromatic carbocycles. The zero-order valence-electron chi connectivity index (χ0n) is 19.9. The number of nitrogens with zero attached hydrogens (tertiary/aromatic N) is 3. The van der Waals surface area contributed by atoms with Crippen molar-refractivity contribution < 1.29 is 23.5 Å². The molecule has 3 aromatic rings. The Kier molecular flexibility index (Phi) is 9.25. The molecule has 8 nitrogen and oxygen atoms in total. The molecule has 1 aromatic heterocycles. The van der Waals surface area contributed by atoms with Crippen LogP contribution in [0.25, 0.3) is 10.9 Å². The minimum Gasteiger partial charge on any atom is -0.493 e. The average molecular weight is 481 g/mol. The molecule has 35 heavy (non-hydrogen) atoms. The summed E-state index contributed by atoms with van der Waals surface area (Å²) in [5.41, 5.74) is 2.03. The molecule has 9 heteroatoms. The van der Waals surface area contributed by atoms with Crippen LogP contribution < -0.4 is 14.8 Å². The van der Waals surface area contributed by atoms with Gasteiger partial charge in [-0.05, 0) is 36.9 Å². The molecular weight excluding hydrogens is 451 g/mol. The highest BCUT2D eigenvalue weighted by Crippen LogP contribution is 2.34. The number of rotatable bonds is 7. The van der Waals surface area contributed by atoms with Gasteiger partial charge in [0.05, 0.1) is 12.6 Å². The number of methoxy groups -OCH3 is 1. The van der Waals surface area contributed by atoms with Crippen LogP contribution in [0.5, 0.6) is 11.5 Å². The van der Waals surface area contributed by atoms with Crippen molar-refractivity contribution in [1.29, 1.82) is 0 Å². The maximum absolute atomic E-state index is 12.3. The number of carbonyl (C=O) groups excluding carboxylic acids is 2. The Morgan fingerprint density at radius 3 is 2.51 bits per heavy atom. The van der Waals surface area contributed by atoms with Crippen molar-refractivity contribution >= 4 is 23.1 Å². The van der Waals surface area contributed by atoms with Crippen molar-refractivity contribution in [3.63, 3.8) is 0 Å². The number of aromatic nitrogens is 2. The number of benzene rings is 2. The monoisotopic (exact) mass is 480 g/mol. The van der Waals surface area contributed by atoms with Crippen LogP contribution in [0.2, 0.25) is 0 Å². The molecule has 1 saturated heterocycles. The fourth-order valence-electron chi connectivity index (χ4n) is 3.74. The molecule has 184 valence electrons. The first-order valence-corrected chi connectivity index (χ1v) is 11.2. The number of amides is 1. The highest BCUT2D eigenvalue weighted by Gasteiger charge is 2.24. The van der Waals surface area contributed by atoms with Gasteiger partial charge in [-0.2, -0.15) is 0 Å². The number of ether oxygens (including phenoxy) is 2. The van der Waals surface area contributed by atoms with Crippen LogP contribution in [0, 0.1) is 5.82 Å². The molecule has 0 atom stereocenters. The van der Waals surface area contributed by atoms with Crippen LogP contribution in [-0.2, 0) is 11.3 Å². The summed E-state index contributed by atoms with van der Waals surface area (Å²) in [7, 11) is 3.42. The standard InChI is InChI=1S/C18H19N3O4.C8H10FN/c1-3-18(23)21-6-4-12(5-7-21)25-17-8-13-14(9-16(17)24-2)19-11-20-15(13)10-22;1-10-6-7-2-4-8(9)5-3-7/h3,8-12H,1,4-7H2,2H3;2-5,10H,6H2,1H3. The Labute approximate surface area is 203 Å². The first kappa shape index (κ1) is 25.8. The van der Waals surface area contributed by atoms with Gasteiger partial charge in [0.25, 0.3) is 0 Å². The molecule has 2 heterocycles. The largest absolute Gasteiger partial charge is 0.493 e. The number of aldehydes is 1. The van der Waals surface area contributed by atoms with Gasteiger partial charge in [0, 0.05) is 43.9 Å². The molecule has 1 aliphatic heterocycles. The molecule has 0 unspecified atom stereocenters. The summed E-state index contributed by atoms with van der Waals surface area (Å²) < 4.78 is 23.8. The van der Waals surface area contributed by atoms with E-state index in [1.54, 1.807) is 36.3 Å². The lowest BCUT2D eigenvalue weighted by molar-refractivity contribution is -0.127. The molecule has 0 bridgehead atoms. The van der Waals surface area contributed by atoms with Crippen molar-refractivity contribution in [1.82, 2.24) is 20.2 Å². The SMILES string of the molecule is C=CC(=O)N1CCC(Oc2cc3c(C=O)ncnc3cc2OC)CC1.CNCc1ccc(F)cc1. The lowest BCUT2D eigenvalue weighted by Crippen LogP contribution is -2.41. The maximum Gasteiger partial charge on any atom is 0.245 e. The highest BCUT2D eigenvalue weighted by atomic mass is 19.1. The van der Waals surface area contributed by atoms with E-state index in [1.165, 1.54) is 24.5 Å². The summed E-state index contributed by atoms with van der Waals surface area (Å²) in [5, 5.41) is 3.60. The summed E-state index contributed by atoms with van der Waals surface area (Å²) in [6.45, 7) is 5.54. The van der Waals surface area contributed by atoms with E-state index in [-0.39, 0.29) is 17.8 Å². The quantitative estimate of drug-likeness (QED) is 0.408. The topological polar surface area (TPSA) is 93.7 Å². The van der Waals surface area contributed by atoms with E-state index in [0.29, 0.717) is 60.3 Å². The van der Waals surface area contributed by atoms with Crippen LogP contribution in [0.3, 0.4) is 0 Å². The Morgan fingerprint density at radius 2 is 1.91 bits per heavy atom. The zero-order valence-corrected chi connectivity index (χ0v) is 19.9. The zero-order chi connectivity index (χ0) is 25.2. The van der Waals surface area contributed by atoms with E-state index in [1.807, 2.05) is 7.05 Å². The molecule has 1 aliphatic rings. The molecule has 1 N–H and O–H groups in total. The van der Waals surface area contributed by atoms with Gasteiger partial charge in [-0.15, -0.1) is 0 Å². The molecular formula is C26H29FN4O4.